The Labute approximate surface area is 215 Å². The first-order valence-corrected chi connectivity index (χ1v) is 13.1. The molecule has 10 nitrogen and oxygen atoms in total. The maximum atomic E-state index is 12.1. The van der Waals surface area contributed by atoms with Gasteiger partial charge in [-0.25, -0.2) is 15.0 Å². The third-order valence-electron chi connectivity index (χ3n) is 6.32. The van der Waals surface area contributed by atoms with Crippen molar-refractivity contribution in [1.29, 1.82) is 0 Å². The maximum Gasteiger partial charge on any atom is 0.248 e. The highest BCUT2D eigenvalue weighted by Crippen LogP contribution is 2.42. The highest BCUT2D eigenvalue weighted by molar-refractivity contribution is 9.10. The largest absolute Gasteiger partial charge is 0.486 e. The molecule has 3 aromatic rings. The van der Waals surface area contributed by atoms with Crippen molar-refractivity contribution in [3.8, 4) is 11.5 Å². The van der Waals surface area contributed by atoms with Gasteiger partial charge in [-0.05, 0) is 53.2 Å². The molecule has 2 aliphatic heterocycles. The van der Waals surface area contributed by atoms with Gasteiger partial charge in [0.05, 0.1) is 0 Å². The van der Waals surface area contributed by atoms with Gasteiger partial charge >= 0.3 is 0 Å². The summed E-state index contributed by atoms with van der Waals surface area (Å²) in [5.74, 6) is 2.38. The van der Waals surface area contributed by atoms with Crippen LogP contribution in [0.1, 0.15) is 19.3 Å². The molecule has 5 rings (SSSR count). The normalized spacial score (nSPS) is 16.1. The van der Waals surface area contributed by atoms with E-state index in [1.54, 1.807) is 7.11 Å². The van der Waals surface area contributed by atoms with Crippen LogP contribution >= 0.6 is 27.7 Å². The lowest BCUT2D eigenvalue weighted by Crippen LogP contribution is -2.40. The molecular formula is C23H27BrN6O4S. The van der Waals surface area contributed by atoms with Gasteiger partial charge in [-0.15, -0.1) is 0 Å². The summed E-state index contributed by atoms with van der Waals surface area (Å²) in [7, 11) is 1.55. The number of carbonyl (C=O) groups excluding carboxylic acids is 1. The van der Waals surface area contributed by atoms with Gasteiger partial charge in [0, 0.05) is 36.1 Å². The van der Waals surface area contributed by atoms with Gasteiger partial charge in [-0.2, -0.15) is 0 Å². The number of hydrogen-bond donors (Lipinski definition) is 1. The van der Waals surface area contributed by atoms with Gasteiger partial charge in [0.15, 0.2) is 33.6 Å². The van der Waals surface area contributed by atoms with E-state index in [1.165, 1.54) is 18.1 Å². The van der Waals surface area contributed by atoms with Crippen LogP contribution in [0.3, 0.4) is 0 Å². The zero-order chi connectivity index (χ0) is 24.4. The van der Waals surface area contributed by atoms with Crippen LogP contribution in [0.5, 0.6) is 11.5 Å². The van der Waals surface area contributed by atoms with Crippen LogP contribution < -0.4 is 15.2 Å². The monoisotopic (exact) mass is 562 g/mol. The molecule has 0 spiro atoms. The fraction of sp³-hybridized carbons (Fsp3) is 0.478. The van der Waals surface area contributed by atoms with Crippen LogP contribution in [-0.2, 0) is 16.1 Å². The number of piperidine rings is 1. The molecule has 2 aromatic heterocycles. The van der Waals surface area contributed by atoms with Crippen LogP contribution in [0.4, 0.5) is 5.82 Å². The van der Waals surface area contributed by atoms with Crippen molar-refractivity contribution in [3.63, 3.8) is 0 Å². The SMILES string of the molecule is COCC(=O)N1CCC(CCn2c(Sc3cc4c(cc3Br)OCCO4)nc3c(N)ncnc32)CC1. The summed E-state index contributed by atoms with van der Waals surface area (Å²) in [6.45, 7) is 3.48. The molecule has 0 atom stereocenters. The minimum absolute atomic E-state index is 0.0578. The molecule has 0 radical (unpaired) electrons. The molecule has 4 heterocycles. The molecule has 1 saturated heterocycles. The second-order valence-electron chi connectivity index (χ2n) is 8.55. The molecule has 1 aromatic carbocycles. The fourth-order valence-corrected chi connectivity index (χ4v) is 5.94. The molecule has 186 valence electrons. The Morgan fingerprint density at radius 3 is 2.71 bits per heavy atom. The number of ether oxygens (including phenoxy) is 3. The number of aromatic nitrogens is 4. The number of fused-ring (bicyclic) bond motifs is 2. The van der Waals surface area contributed by atoms with Gasteiger partial charge in [-0.3, -0.25) is 4.79 Å². The lowest BCUT2D eigenvalue weighted by atomic mass is 9.93. The predicted octanol–water partition coefficient (Wildman–Crippen LogP) is 3.37. The van der Waals surface area contributed by atoms with Crippen LogP contribution in [0, 0.1) is 5.92 Å². The van der Waals surface area contributed by atoms with Gasteiger partial charge in [0.2, 0.25) is 5.91 Å². The Hall–Kier alpha value is -2.57. The topological polar surface area (TPSA) is 118 Å². The summed E-state index contributed by atoms with van der Waals surface area (Å²) in [6, 6.07) is 3.89. The molecule has 0 unspecified atom stereocenters. The number of nitrogen functional groups attached to an aromatic ring is 1. The number of methoxy groups -OCH3 is 1. The first kappa shape index (κ1) is 24.1. The second-order valence-corrected chi connectivity index (χ2v) is 10.4. The average Bonchev–Trinajstić information content (AvgIpc) is 3.22. The molecule has 2 aliphatic rings. The number of rotatable bonds is 7. The number of aryl methyl sites for hydroxylation is 1. The van der Waals surface area contributed by atoms with Gasteiger partial charge in [0.25, 0.3) is 0 Å². The lowest BCUT2D eigenvalue weighted by Gasteiger charge is -2.32. The van der Waals surface area contributed by atoms with Gasteiger partial charge < -0.3 is 29.4 Å². The minimum atomic E-state index is 0.0578. The van der Waals surface area contributed by atoms with Crippen LogP contribution in [0.15, 0.2) is 33.0 Å². The molecule has 35 heavy (non-hydrogen) atoms. The summed E-state index contributed by atoms with van der Waals surface area (Å²) in [6.07, 6.45) is 4.37. The zero-order valence-electron chi connectivity index (χ0n) is 19.4. The lowest BCUT2D eigenvalue weighted by molar-refractivity contribution is -0.136. The number of hydrogen-bond acceptors (Lipinski definition) is 9. The second kappa shape index (κ2) is 10.6. The molecule has 1 fully saturated rings. The van der Waals surface area contributed by atoms with E-state index in [0.29, 0.717) is 30.5 Å². The Morgan fingerprint density at radius 2 is 1.97 bits per heavy atom. The third-order valence-corrected chi connectivity index (χ3v) is 8.29. The number of nitrogens with two attached hydrogens (primary N) is 1. The molecule has 0 bridgehead atoms. The van der Waals surface area contributed by atoms with E-state index in [2.05, 4.69) is 30.5 Å². The summed E-state index contributed by atoms with van der Waals surface area (Å²) in [4.78, 5) is 28.4. The standard InChI is InChI=1S/C23H27BrN6O4S/c1-32-12-19(31)29-5-2-14(3-6-29)4-7-30-22-20(21(25)26-13-27-22)28-23(30)35-18-11-17-16(10-15(18)24)33-8-9-34-17/h10-11,13-14H,2-9,12H2,1H3,(H2,25,26,27). The molecule has 0 saturated carbocycles. The molecule has 12 heteroatoms. The first-order chi connectivity index (χ1) is 17.0. The highest BCUT2D eigenvalue weighted by Gasteiger charge is 2.24. The Balaban J connectivity index is 1.35. The number of anilines is 1. The van der Waals surface area contributed by atoms with Crippen molar-refractivity contribution in [1.82, 2.24) is 24.4 Å². The van der Waals surface area contributed by atoms with E-state index < -0.39 is 0 Å². The average molecular weight is 563 g/mol. The quantitative estimate of drug-likeness (QED) is 0.462. The van der Waals surface area contributed by atoms with E-state index in [-0.39, 0.29) is 12.5 Å². The number of imidazole rings is 1. The van der Waals surface area contributed by atoms with Crippen LogP contribution in [0.2, 0.25) is 0 Å². The Morgan fingerprint density at radius 1 is 1.23 bits per heavy atom. The number of benzene rings is 1. The van der Waals surface area contributed by atoms with Crippen LogP contribution in [0.25, 0.3) is 11.2 Å². The van der Waals surface area contributed by atoms with E-state index >= 15 is 0 Å². The number of nitrogens with zero attached hydrogens (tertiary/aromatic N) is 5. The number of amides is 1. The minimum Gasteiger partial charge on any atom is -0.486 e. The summed E-state index contributed by atoms with van der Waals surface area (Å²) in [5.41, 5.74) is 7.45. The smallest absolute Gasteiger partial charge is 0.248 e. The highest BCUT2D eigenvalue weighted by atomic mass is 79.9. The maximum absolute atomic E-state index is 12.1. The fourth-order valence-electron chi connectivity index (χ4n) is 4.43. The summed E-state index contributed by atoms with van der Waals surface area (Å²) < 4.78 is 19.5. The van der Waals surface area contributed by atoms with E-state index in [0.717, 1.165) is 70.6 Å². The van der Waals surface area contributed by atoms with E-state index in [4.69, 9.17) is 24.9 Å². The molecule has 1 amide bonds. The van der Waals surface area contributed by atoms with Crippen LogP contribution in [-0.4, -0.2) is 70.3 Å². The number of carbonyl (C=O) groups is 1. The Bertz CT molecular complexity index is 1230. The Kier molecular flexibility index (Phi) is 7.30. The van der Waals surface area contributed by atoms with Crippen molar-refractivity contribution < 1.29 is 19.0 Å². The molecule has 0 aliphatic carbocycles. The van der Waals surface area contributed by atoms with E-state index in [1.807, 2.05) is 17.0 Å². The summed E-state index contributed by atoms with van der Waals surface area (Å²) >= 11 is 5.18. The van der Waals surface area contributed by atoms with Crippen molar-refractivity contribution in [3.05, 3.63) is 22.9 Å². The molecule has 2 N–H and O–H groups in total. The summed E-state index contributed by atoms with van der Waals surface area (Å²) in [5, 5.41) is 0.789. The van der Waals surface area contributed by atoms with Crippen molar-refractivity contribution in [2.24, 2.45) is 5.92 Å². The molecular weight excluding hydrogens is 536 g/mol. The number of likely N-dealkylation sites (tertiary alicyclic amines) is 1. The number of halogens is 1. The van der Waals surface area contributed by atoms with Gasteiger partial charge in [0.1, 0.15) is 26.1 Å². The van der Waals surface area contributed by atoms with Gasteiger partial charge in [-0.1, -0.05) is 11.8 Å². The third kappa shape index (κ3) is 5.19. The predicted molar refractivity (Wildman–Crippen MR) is 135 cm³/mol. The van der Waals surface area contributed by atoms with E-state index in [9.17, 15) is 4.79 Å². The van der Waals surface area contributed by atoms with Crippen molar-refractivity contribution in [2.45, 2.75) is 35.9 Å². The zero-order valence-corrected chi connectivity index (χ0v) is 21.8. The first-order valence-electron chi connectivity index (χ1n) is 11.5. The van der Waals surface area contributed by atoms with Crippen molar-refractivity contribution in [2.75, 3.05) is 45.8 Å². The van der Waals surface area contributed by atoms with Crippen molar-refractivity contribution >= 4 is 50.6 Å².